The van der Waals surface area contributed by atoms with Crippen LogP contribution in [0.15, 0.2) is 97.2 Å². The second-order valence-corrected chi connectivity index (χ2v) is 21.5. The molecule has 0 aromatic heterocycles. The highest BCUT2D eigenvalue weighted by atomic mass is 31.2. The van der Waals surface area contributed by atoms with Gasteiger partial charge in [-0.1, -0.05) is 208 Å². The first kappa shape index (κ1) is 67.9. The fourth-order valence-corrected chi connectivity index (χ4v) is 8.39. The number of phosphoric ester groups is 1. The van der Waals surface area contributed by atoms with Gasteiger partial charge >= 0.3 is 13.8 Å². The van der Waals surface area contributed by atoms with Gasteiger partial charge in [-0.3, -0.25) is 18.6 Å². The van der Waals surface area contributed by atoms with Gasteiger partial charge in [-0.2, -0.15) is 0 Å². The van der Waals surface area contributed by atoms with Gasteiger partial charge < -0.3 is 19.4 Å². The number of ether oxygens (including phenoxy) is 1. The minimum atomic E-state index is -4.46. The van der Waals surface area contributed by atoms with Gasteiger partial charge in [-0.15, -0.1) is 0 Å². The summed E-state index contributed by atoms with van der Waals surface area (Å²) in [4.78, 5) is 37.6. The van der Waals surface area contributed by atoms with E-state index in [2.05, 4.69) is 111 Å². The molecule has 3 unspecified atom stereocenters. The van der Waals surface area contributed by atoms with E-state index >= 15 is 0 Å². The maximum absolute atomic E-state index is 13.5. The largest absolute Gasteiger partial charge is 0.472 e. The van der Waals surface area contributed by atoms with E-state index in [1.165, 1.54) is 70.6 Å². The average Bonchev–Trinajstić information content (AvgIpc) is 3.33. The highest BCUT2D eigenvalue weighted by molar-refractivity contribution is 7.47. The molecule has 0 saturated carbocycles. The number of carbonyl (C=O) groups is 2. The molecule has 0 radical (unpaired) electrons. The Bertz CT molecular complexity index is 1540. The van der Waals surface area contributed by atoms with Crippen LogP contribution in [0.5, 0.6) is 0 Å². The zero-order valence-corrected chi connectivity index (χ0v) is 47.3. The fraction of sp³-hybridized carbons (Fsp3) is 0.705. The minimum absolute atomic E-state index is 0.0283. The summed E-state index contributed by atoms with van der Waals surface area (Å²) in [5, 5.41) is 3.03. The van der Waals surface area contributed by atoms with E-state index in [0.717, 1.165) is 116 Å². The third-order valence-electron chi connectivity index (χ3n) is 12.0. The Balaban J connectivity index is 5.42. The molecule has 1 amide bonds. The van der Waals surface area contributed by atoms with E-state index in [-0.39, 0.29) is 31.5 Å². The number of phosphoric acid groups is 1. The molecule has 0 aromatic carbocycles. The number of amides is 1. The Morgan fingerprint density at radius 3 is 1.37 bits per heavy atom. The van der Waals surface area contributed by atoms with Crippen molar-refractivity contribution >= 4 is 19.7 Å². The Morgan fingerprint density at radius 2 is 0.901 bits per heavy atom. The van der Waals surface area contributed by atoms with Gasteiger partial charge in [0.1, 0.15) is 19.3 Å². The number of allylic oxidation sites excluding steroid dienone is 15. The van der Waals surface area contributed by atoms with Crippen LogP contribution in [0.3, 0.4) is 0 Å². The van der Waals surface area contributed by atoms with Crippen LogP contribution in [0, 0.1) is 0 Å². The van der Waals surface area contributed by atoms with Gasteiger partial charge in [-0.05, 0) is 102 Å². The summed E-state index contributed by atoms with van der Waals surface area (Å²) in [5.74, 6) is -0.559. The smallest absolute Gasteiger partial charge is 0.456 e. The Hall–Kier alpha value is -3.07. The van der Waals surface area contributed by atoms with E-state index < -0.39 is 20.0 Å². The van der Waals surface area contributed by atoms with Crippen LogP contribution in [-0.4, -0.2) is 74.3 Å². The number of rotatable bonds is 50. The first-order valence-corrected chi connectivity index (χ1v) is 30.1. The molecular weight excluding hydrogens is 904 g/mol. The number of hydrogen-bond donors (Lipinski definition) is 2. The van der Waals surface area contributed by atoms with Crippen molar-refractivity contribution in [2.75, 3.05) is 40.9 Å². The monoisotopic (exact) mass is 1010 g/mol. The second-order valence-electron chi connectivity index (χ2n) is 20.0. The number of esters is 1. The lowest BCUT2D eigenvalue weighted by molar-refractivity contribution is -0.870. The molecule has 0 heterocycles. The lowest BCUT2D eigenvalue weighted by Crippen LogP contribution is -2.47. The van der Waals surface area contributed by atoms with Gasteiger partial charge in [0.05, 0.1) is 33.8 Å². The summed E-state index contributed by atoms with van der Waals surface area (Å²) in [6.07, 6.45) is 66.9. The standard InChI is InChI=1S/C61H107N2O7P/c1-7-10-13-16-19-22-25-28-30-31-32-33-34-36-39-42-45-48-51-54-61(65)70-59(52-49-46-43-40-37-27-24-21-18-15-12-9-3)58(57-69-71(66,67)68-56-55-63(4,5)6)62-60(64)53-50-47-44-41-38-35-29-26-23-20-17-14-11-8-2/h10-11,13-14,19-20,22-23,28,30,32-33,36,39,49,52,58-59H,7-9,12,15-18,21,24-27,29,31,34-35,37-38,40-48,50-51,53-57H2,1-6H3,(H-,62,64,66,67)/p+1/b13-10-,14-11+,22-19-,23-20+,30-28-,33-32-,39-36-,52-49+. The summed E-state index contributed by atoms with van der Waals surface area (Å²) in [7, 11) is 1.46. The van der Waals surface area contributed by atoms with E-state index in [1.54, 1.807) is 0 Å². The van der Waals surface area contributed by atoms with Gasteiger partial charge in [0.15, 0.2) is 0 Å². The first-order valence-electron chi connectivity index (χ1n) is 28.6. The van der Waals surface area contributed by atoms with E-state index in [1.807, 2.05) is 33.3 Å². The van der Waals surface area contributed by atoms with Crippen molar-refractivity contribution in [1.82, 2.24) is 5.32 Å². The van der Waals surface area contributed by atoms with E-state index in [9.17, 15) is 19.0 Å². The predicted octanol–water partition coefficient (Wildman–Crippen LogP) is 17.2. The summed E-state index contributed by atoms with van der Waals surface area (Å²) in [6, 6.07) is -0.870. The van der Waals surface area contributed by atoms with Crippen molar-refractivity contribution in [3.63, 3.8) is 0 Å². The average molecular weight is 1010 g/mol. The number of unbranched alkanes of at least 4 members (excludes halogenated alkanes) is 20. The summed E-state index contributed by atoms with van der Waals surface area (Å²) < 4.78 is 30.6. The summed E-state index contributed by atoms with van der Waals surface area (Å²) in [5.41, 5.74) is 0. The van der Waals surface area contributed by atoms with Gasteiger partial charge in [0, 0.05) is 12.8 Å². The number of nitrogens with zero attached hydrogens (tertiary/aromatic N) is 1. The van der Waals surface area contributed by atoms with Gasteiger partial charge in [0.25, 0.3) is 0 Å². The molecule has 0 aromatic rings. The molecule has 0 bridgehead atoms. The molecule has 71 heavy (non-hydrogen) atoms. The molecule has 2 N–H and O–H groups in total. The molecule has 0 spiro atoms. The third-order valence-corrected chi connectivity index (χ3v) is 13.0. The Morgan fingerprint density at radius 1 is 0.507 bits per heavy atom. The quantitative estimate of drug-likeness (QED) is 0.0205. The molecule has 0 aliphatic carbocycles. The van der Waals surface area contributed by atoms with Crippen molar-refractivity contribution in [2.24, 2.45) is 0 Å². The second kappa shape index (κ2) is 50.5. The zero-order chi connectivity index (χ0) is 52.2. The number of nitrogens with one attached hydrogen (secondary N) is 1. The maximum Gasteiger partial charge on any atom is 0.472 e. The normalized spacial score (nSPS) is 14.5. The molecule has 0 rings (SSSR count). The molecule has 0 fully saturated rings. The number of quaternary nitrogens is 1. The first-order chi connectivity index (χ1) is 34.4. The van der Waals surface area contributed by atoms with Gasteiger partial charge in [-0.25, -0.2) is 4.57 Å². The van der Waals surface area contributed by atoms with Crippen LogP contribution >= 0.6 is 7.82 Å². The van der Waals surface area contributed by atoms with Crippen molar-refractivity contribution in [1.29, 1.82) is 0 Å². The molecule has 9 nitrogen and oxygen atoms in total. The molecule has 3 atom stereocenters. The van der Waals surface area contributed by atoms with Crippen LogP contribution < -0.4 is 5.32 Å². The van der Waals surface area contributed by atoms with Crippen LogP contribution in [0.2, 0.25) is 0 Å². The van der Waals surface area contributed by atoms with Crippen LogP contribution in [0.4, 0.5) is 0 Å². The maximum atomic E-state index is 13.5. The highest BCUT2D eigenvalue weighted by Gasteiger charge is 2.30. The van der Waals surface area contributed by atoms with Crippen LogP contribution in [0.25, 0.3) is 0 Å². The highest BCUT2D eigenvalue weighted by Crippen LogP contribution is 2.43. The lowest BCUT2D eigenvalue weighted by atomic mass is 10.0. The Labute approximate surface area is 437 Å². The summed E-state index contributed by atoms with van der Waals surface area (Å²) >= 11 is 0. The zero-order valence-electron chi connectivity index (χ0n) is 46.4. The SMILES string of the molecule is CC/C=C\C/C=C\C/C=C\C/C=C\C/C=C\CCCCCC(=O)OC(/C=C/CCCCCCCCCCCC)C(COP(=O)(O)OCC[N+](C)(C)C)NC(=O)CCCCCCCCC/C=C/C/C=C/CC. The lowest BCUT2D eigenvalue weighted by Gasteiger charge is -2.27. The topological polar surface area (TPSA) is 111 Å². The molecule has 10 heteroatoms. The minimum Gasteiger partial charge on any atom is -0.456 e. The van der Waals surface area contributed by atoms with Crippen LogP contribution in [0.1, 0.15) is 226 Å². The number of likely N-dealkylation sites (N-methyl/N-ethyl adjacent to an activating group) is 1. The van der Waals surface area contributed by atoms with Gasteiger partial charge in [0.2, 0.25) is 5.91 Å². The predicted molar refractivity (Wildman–Crippen MR) is 304 cm³/mol. The van der Waals surface area contributed by atoms with Crippen LogP contribution in [-0.2, 0) is 27.9 Å². The Kier molecular flexibility index (Phi) is 48.3. The molecule has 408 valence electrons. The van der Waals surface area contributed by atoms with Crippen molar-refractivity contribution < 1.29 is 37.3 Å². The van der Waals surface area contributed by atoms with E-state index in [0.29, 0.717) is 23.9 Å². The number of carbonyl (C=O) groups excluding carboxylic acids is 2. The molecular formula is C61H108N2O7P+. The summed E-state index contributed by atoms with van der Waals surface area (Å²) in [6.45, 7) is 6.74. The van der Waals surface area contributed by atoms with Crippen molar-refractivity contribution in [2.45, 2.75) is 238 Å². The molecule has 0 aliphatic heterocycles. The third kappa shape index (κ3) is 51.6. The molecule has 0 saturated heterocycles. The number of hydrogen-bond acceptors (Lipinski definition) is 6. The van der Waals surface area contributed by atoms with Crippen molar-refractivity contribution in [3.05, 3.63) is 97.2 Å². The van der Waals surface area contributed by atoms with E-state index in [4.69, 9.17) is 13.8 Å². The van der Waals surface area contributed by atoms with Crippen molar-refractivity contribution in [3.8, 4) is 0 Å². The molecule has 0 aliphatic rings. The fourth-order valence-electron chi connectivity index (χ4n) is 7.65.